The van der Waals surface area contributed by atoms with Crippen LogP contribution in [0.1, 0.15) is 5.56 Å². The SMILES string of the molecule is OCc1c(Br)sc2cc(I)ccc12. The number of hydrogen-bond donors (Lipinski definition) is 1. The Hall–Kier alpha value is 0.350. The number of thiophene rings is 1. The van der Waals surface area contributed by atoms with Gasteiger partial charge in [-0.25, -0.2) is 0 Å². The lowest BCUT2D eigenvalue weighted by Gasteiger charge is -1.94. The topological polar surface area (TPSA) is 20.2 Å². The molecule has 0 aliphatic heterocycles. The normalized spacial score (nSPS) is 11.0. The average Bonchev–Trinajstić information content (AvgIpc) is 2.39. The van der Waals surface area contributed by atoms with Gasteiger partial charge in [-0.15, -0.1) is 11.3 Å². The van der Waals surface area contributed by atoms with Gasteiger partial charge in [-0.3, -0.25) is 0 Å². The molecule has 0 atom stereocenters. The van der Waals surface area contributed by atoms with E-state index in [2.05, 4.69) is 56.7 Å². The Labute approximate surface area is 102 Å². The molecular formula is C9H6BrIOS. The lowest BCUT2D eigenvalue weighted by Crippen LogP contribution is -1.80. The first-order chi connectivity index (χ1) is 6.22. The zero-order valence-electron chi connectivity index (χ0n) is 6.55. The van der Waals surface area contributed by atoms with E-state index in [0.717, 1.165) is 14.7 Å². The van der Waals surface area contributed by atoms with Gasteiger partial charge in [0.1, 0.15) is 0 Å². The van der Waals surface area contributed by atoms with Gasteiger partial charge in [0.05, 0.1) is 10.4 Å². The van der Waals surface area contributed by atoms with E-state index in [4.69, 9.17) is 5.11 Å². The van der Waals surface area contributed by atoms with Crippen molar-refractivity contribution < 1.29 is 5.11 Å². The first kappa shape index (κ1) is 9.89. The molecule has 0 aliphatic carbocycles. The van der Waals surface area contributed by atoms with E-state index in [0.29, 0.717) is 0 Å². The van der Waals surface area contributed by atoms with Crippen molar-refractivity contribution in [2.24, 2.45) is 0 Å². The van der Waals surface area contributed by atoms with Crippen LogP contribution in [0.2, 0.25) is 0 Å². The first-order valence-corrected chi connectivity index (χ1v) is 6.38. The summed E-state index contributed by atoms with van der Waals surface area (Å²) in [5, 5.41) is 10.3. The molecule has 13 heavy (non-hydrogen) atoms. The van der Waals surface area contributed by atoms with Crippen molar-refractivity contribution in [3.05, 3.63) is 31.1 Å². The Morgan fingerprint density at radius 3 is 2.92 bits per heavy atom. The number of halogens is 2. The lowest BCUT2D eigenvalue weighted by molar-refractivity contribution is 0.283. The zero-order chi connectivity index (χ0) is 9.42. The third-order valence-electron chi connectivity index (χ3n) is 1.86. The van der Waals surface area contributed by atoms with E-state index in [1.54, 1.807) is 11.3 Å². The van der Waals surface area contributed by atoms with Crippen LogP contribution >= 0.6 is 49.9 Å². The Balaban J connectivity index is 2.79. The van der Waals surface area contributed by atoms with E-state index < -0.39 is 0 Å². The molecule has 2 aromatic rings. The van der Waals surface area contributed by atoms with Gasteiger partial charge in [0.25, 0.3) is 0 Å². The van der Waals surface area contributed by atoms with Gasteiger partial charge in [0.2, 0.25) is 0 Å². The fourth-order valence-corrected chi connectivity index (χ4v) is 3.78. The van der Waals surface area contributed by atoms with E-state index in [9.17, 15) is 0 Å². The molecule has 0 amide bonds. The molecular weight excluding hydrogens is 363 g/mol. The van der Waals surface area contributed by atoms with Crippen LogP contribution in [-0.2, 0) is 6.61 Å². The van der Waals surface area contributed by atoms with Crippen molar-refractivity contribution in [3.63, 3.8) is 0 Å². The Kier molecular flexibility index (Phi) is 2.92. The van der Waals surface area contributed by atoms with Crippen LogP contribution in [0.5, 0.6) is 0 Å². The van der Waals surface area contributed by atoms with Gasteiger partial charge in [-0.2, -0.15) is 0 Å². The van der Waals surface area contributed by atoms with Crippen molar-refractivity contribution >= 4 is 59.9 Å². The van der Waals surface area contributed by atoms with Crippen LogP contribution in [0.4, 0.5) is 0 Å². The third kappa shape index (κ3) is 1.77. The first-order valence-electron chi connectivity index (χ1n) is 3.69. The van der Waals surface area contributed by atoms with Crippen LogP contribution in [0.3, 0.4) is 0 Å². The summed E-state index contributed by atoms with van der Waals surface area (Å²) in [4.78, 5) is 0. The summed E-state index contributed by atoms with van der Waals surface area (Å²) < 4.78 is 3.48. The summed E-state index contributed by atoms with van der Waals surface area (Å²) in [7, 11) is 0. The highest BCUT2D eigenvalue weighted by Gasteiger charge is 2.08. The minimum absolute atomic E-state index is 0.0984. The fraction of sp³-hybridized carbons (Fsp3) is 0.111. The Bertz CT molecular complexity index is 452. The predicted molar refractivity (Wildman–Crippen MR) is 68.2 cm³/mol. The van der Waals surface area contributed by atoms with Crippen LogP contribution < -0.4 is 0 Å². The van der Waals surface area contributed by atoms with Gasteiger partial charge in [-0.05, 0) is 56.0 Å². The maximum atomic E-state index is 9.15. The Morgan fingerprint density at radius 1 is 1.46 bits per heavy atom. The molecule has 68 valence electrons. The van der Waals surface area contributed by atoms with Crippen LogP contribution in [0.25, 0.3) is 10.1 Å². The lowest BCUT2D eigenvalue weighted by atomic mass is 10.2. The number of benzene rings is 1. The molecule has 1 N–H and O–H groups in total. The molecule has 1 aromatic carbocycles. The highest BCUT2D eigenvalue weighted by atomic mass is 127. The van der Waals surface area contributed by atoms with Gasteiger partial charge < -0.3 is 5.11 Å². The van der Waals surface area contributed by atoms with Crippen LogP contribution in [-0.4, -0.2) is 5.11 Å². The smallest absolute Gasteiger partial charge is 0.0766 e. The molecule has 0 spiro atoms. The van der Waals surface area contributed by atoms with Gasteiger partial charge in [0.15, 0.2) is 0 Å². The average molecular weight is 369 g/mol. The quantitative estimate of drug-likeness (QED) is 0.760. The summed E-state index contributed by atoms with van der Waals surface area (Å²) >= 11 is 7.41. The molecule has 0 saturated carbocycles. The van der Waals surface area contributed by atoms with Gasteiger partial charge in [0, 0.05) is 13.8 Å². The van der Waals surface area contributed by atoms with Crippen molar-refractivity contribution in [1.29, 1.82) is 0 Å². The maximum absolute atomic E-state index is 9.15. The molecule has 1 nitrogen and oxygen atoms in total. The summed E-state index contributed by atoms with van der Waals surface area (Å²) in [6.07, 6.45) is 0. The molecule has 0 fully saturated rings. The number of rotatable bonds is 1. The molecule has 1 heterocycles. The standard InChI is InChI=1S/C9H6BrIOS/c10-9-7(4-12)6-2-1-5(11)3-8(6)13-9/h1-3,12H,4H2. The van der Waals surface area contributed by atoms with Crippen molar-refractivity contribution in [3.8, 4) is 0 Å². The van der Waals surface area contributed by atoms with Crippen LogP contribution in [0, 0.1) is 3.57 Å². The zero-order valence-corrected chi connectivity index (χ0v) is 11.1. The van der Waals surface area contributed by atoms with E-state index in [-0.39, 0.29) is 6.61 Å². The molecule has 0 unspecified atom stereocenters. The number of fused-ring (bicyclic) bond motifs is 1. The fourth-order valence-electron chi connectivity index (χ4n) is 1.24. The molecule has 0 bridgehead atoms. The highest BCUT2D eigenvalue weighted by molar-refractivity contribution is 14.1. The maximum Gasteiger partial charge on any atom is 0.0766 e. The molecule has 0 aliphatic rings. The summed E-state index contributed by atoms with van der Waals surface area (Å²) in [6, 6.07) is 6.25. The second-order valence-corrected chi connectivity index (χ2v) is 6.27. The highest BCUT2D eigenvalue weighted by Crippen LogP contribution is 2.35. The van der Waals surface area contributed by atoms with Gasteiger partial charge >= 0.3 is 0 Å². The minimum atomic E-state index is 0.0984. The van der Waals surface area contributed by atoms with E-state index in [1.165, 1.54) is 8.27 Å². The molecule has 0 saturated heterocycles. The predicted octanol–water partition coefficient (Wildman–Crippen LogP) is 3.76. The van der Waals surface area contributed by atoms with E-state index >= 15 is 0 Å². The summed E-state index contributed by atoms with van der Waals surface area (Å²) in [5.74, 6) is 0. The third-order valence-corrected chi connectivity index (χ3v) is 4.48. The second kappa shape index (κ2) is 3.84. The van der Waals surface area contributed by atoms with Crippen LogP contribution in [0.15, 0.2) is 22.0 Å². The number of aliphatic hydroxyl groups is 1. The molecule has 4 heteroatoms. The van der Waals surface area contributed by atoms with Crippen molar-refractivity contribution in [2.75, 3.05) is 0 Å². The minimum Gasteiger partial charge on any atom is -0.392 e. The second-order valence-electron chi connectivity index (χ2n) is 2.65. The molecule has 1 aromatic heterocycles. The molecule has 2 rings (SSSR count). The molecule has 0 radical (unpaired) electrons. The number of hydrogen-bond acceptors (Lipinski definition) is 2. The van der Waals surface area contributed by atoms with Crippen molar-refractivity contribution in [2.45, 2.75) is 6.61 Å². The summed E-state index contributed by atoms with van der Waals surface area (Å²) in [5.41, 5.74) is 0.997. The number of aliphatic hydroxyl groups excluding tert-OH is 1. The van der Waals surface area contributed by atoms with Gasteiger partial charge in [-0.1, -0.05) is 6.07 Å². The largest absolute Gasteiger partial charge is 0.392 e. The van der Waals surface area contributed by atoms with Crippen molar-refractivity contribution in [1.82, 2.24) is 0 Å². The monoisotopic (exact) mass is 368 g/mol. The van der Waals surface area contributed by atoms with E-state index in [1.807, 2.05) is 0 Å². The summed E-state index contributed by atoms with van der Waals surface area (Å²) in [6.45, 7) is 0.0984. The Morgan fingerprint density at radius 2 is 2.23 bits per heavy atom.